The number of halogens is 1. The van der Waals surface area contributed by atoms with Gasteiger partial charge in [-0.2, -0.15) is 0 Å². The van der Waals surface area contributed by atoms with E-state index in [0.29, 0.717) is 48.6 Å². The normalized spacial score (nSPS) is 10.7. The van der Waals surface area contributed by atoms with Gasteiger partial charge in [-0.05, 0) is 35.7 Å². The topological polar surface area (TPSA) is 47.6 Å². The maximum atomic E-state index is 12.4. The number of hydrogen-bond acceptors (Lipinski definition) is 3. The van der Waals surface area contributed by atoms with E-state index in [2.05, 4.69) is 19.2 Å². The Morgan fingerprint density at radius 1 is 1.12 bits per heavy atom. The summed E-state index contributed by atoms with van der Waals surface area (Å²) in [7, 11) is 0. The van der Waals surface area contributed by atoms with Crippen molar-refractivity contribution in [1.29, 1.82) is 0 Å². The summed E-state index contributed by atoms with van der Waals surface area (Å²) in [5.74, 6) is 0.871. The van der Waals surface area contributed by atoms with Gasteiger partial charge in [0.1, 0.15) is 12.4 Å². The molecule has 0 saturated heterocycles. The molecule has 0 spiro atoms. The van der Waals surface area contributed by atoms with Crippen LogP contribution in [0.5, 0.6) is 5.75 Å². The van der Waals surface area contributed by atoms with Gasteiger partial charge in [0.05, 0.1) is 12.2 Å². The van der Waals surface area contributed by atoms with Gasteiger partial charge in [0.25, 0.3) is 5.91 Å². The fraction of sp³-hybridized carbons (Fsp3) is 0.350. The Bertz CT molecular complexity index is 671. The first-order valence-electron chi connectivity index (χ1n) is 8.38. The predicted octanol–water partition coefficient (Wildman–Crippen LogP) is 4.32. The van der Waals surface area contributed by atoms with Crippen LogP contribution >= 0.6 is 11.6 Å². The first kappa shape index (κ1) is 19.3. The van der Waals surface area contributed by atoms with Gasteiger partial charge in [0.2, 0.25) is 0 Å². The SMILES string of the molecule is CC(C)COCCNC(=O)c1ccccc1OCc1ccc(Cl)cc1. The molecule has 0 radical (unpaired) electrons. The third-order valence-electron chi connectivity index (χ3n) is 3.42. The minimum atomic E-state index is -0.167. The van der Waals surface area contributed by atoms with Gasteiger partial charge in [0.15, 0.2) is 0 Å². The standard InChI is InChI=1S/C20H24ClNO3/c1-15(2)13-24-12-11-22-20(23)18-5-3-4-6-19(18)25-14-16-7-9-17(21)10-8-16/h3-10,15H,11-14H2,1-2H3,(H,22,23). The molecule has 0 heterocycles. The van der Waals surface area contributed by atoms with E-state index in [-0.39, 0.29) is 5.91 Å². The van der Waals surface area contributed by atoms with Crippen LogP contribution in [-0.2, 0) is 11.3 Å². The van der Waals surface area contributed by atoms with Crippen LogP contribution in [0.15, 0.2) is 48.5 Å². The zero-order valence-electron chi connectivity index (χ0n) is 14.6. The van der Waals surface area contributed by atoms with Crippen molar-refractivity contribution in [3.8, 4) is 5.75 Å². The summed E-state index contributed by atoms with van der Waals surface area (Å²) < 4.78 is 11.3. The number of hydrogen-bond donors (Lipinski definition) is 1. The average Bonchev–Trinajstić information content (AvgIpc) is 2.61. The van der Waals surface area contributed by atoms with E-state index in [1.165, 1.54) is 0 Å². The van der Waals surface area contributed by atoms with Crippen LogP contribution in [0.1, 0.15) is 29.8 Å². The van der Waals surface area contributed by atoms with E-state index in [4.69, 9.17) is 21.1 Å². The number of carbonyl (C=O) groups is 1. The molecule has 1 N–H and O–H groups in total. The second kappa shape index (κ2) is 10.1. The van der Waals surface area contributed by atoms with Crippen molar-refractivity contribution in [1.82, 2.24) is 5.32 Å². The molecule has 0 fully saturated rings. The van der Waals surface area contributed by atoms with Gasteiger partial charge < -0.3 is 14.8 Å². The molecule has 2 aromatic carbocycles. The summed E-state index contributed by atoms with van der Waals surface area (Å²) in [6.07, 6.45) is 0. The fourth-order valence-electron chi connectivity index (χ4n) is 2.17. The molecule has 0 bridgehead atoms. The minimum Gasteiger partial charge on any atom is -0.488 e. The van der Waals surface area contributed by atoms with Gasteiger partial charge in [-0.1, -0.05) is 49.7 Å². The third-order valence-corrected chi connectivity index (χ3v) is 3.67. The highest BCUT2D eigenvalue weighted by Gasteiger charge is 2.11. The summed E-state index contributed by atoms with van der Waals surface area (Å²) >= 11 is 5.88. The Kier molecular flexibility index (Phi) is 7.76. The summed E-state index contributed by atoms with van der Waals surface area (Å²) in [4.78, 5) is 12.4. The molecule has 0 atom stereocenters. The highest BCUT2D eigenvalue weighted by atomic mass is 35.5. The second-order valence-corrected chi connectivity index (χ2v) is 6.57. The quantitative estimate of drug-likeness (QED) is 0.676. The van der Waals surface area contributed by atoms with E-state index >= 15 is 0 Å². The van der Waals surface area contributed by atoms with E-state index in [9.17, 15) is 4.79 Å². The lowest BCUT2D eigenvalue weighted by molar-refractivity contribution is 0.0882. The van der Waals surface area contributed by atoms with Gasteiger partial charge in [-0.25, -0.2) is 0 Å². The van der Waals surface area contributed by atoms with Gasteiger partial charge in [-0.15, -0.1) is 0 Å². The summed E-state index contributed by atoms with van der Waals surface area (Å²) in [5, 5.41) is 3.54. The molecule has 0 saturated carbocycles. The average molecular weight is 362 g/mol. The maximum Gasteiger partial charge on any atom is 0.255 e. The van der Waals surface area contributed by atoms with Gasteiger partial charge in [-0.3, -0.25) is 4.79 Å². The van der Waals surface area contributed by atoms with Crippen LogP contribution in [0.4, 0.5) is 0 Å². The third kappa shape index (κ3) is 6.77. The van der Waals surface area contributed by atoms with Crippen molar-refractivity contribution >= 4 is 17.5 Å². The lowest BCUT2D eigenvalue weighted by atomic mass is 10.2. The second-order valence-electron chi connectivity index (χ2n) is 6.14. The lowest BCUT2D eigenvalue weighted by Crippen LogP contribution is -2.28. The maximum absolute atomic E-state index is 12.4. The first-order valence-corrected chi connectivity index (χ1v) is 8.76. The largest absolute Gasteiger partial charge is 0.488 e. The highest BCUT2D eigenvalue weighted by Crippen LogP contribution is 2.20. The van der Waals surface area contributed by atoms with Crippen LogP contribution < -0.4 is 10.1 Å². The molecule has 4 nitrogen and oxygen atoms in total. The molecule has 0 aliphatic rings. The molecule has 0 aliphatic carbocycles. The van der Waals surface area contributed by atoms with Crippen LogP contribution in [0.2, 0.25) is 5.02 Å². The molecule has 2 aromatic rings. The van der Waals surface area contributed by atoms with Crippen LogP contribution in [0.25, 0.3) is 0 Å². The van der Waals surface area contributed by atoms with Crippen molar-refractivity contribution < 1.29 is 14.3 Å². The lowest BCUT2D eigenvalue weighted by Gasteiger charge is -2.12. The van der Waals surface area contributed by atoms with Crippen molar-refractivity contribution in [2.75, 3.05) is 19.8 Å². The van der Waals surface area contributed by atoms with E-state index in [1.54, 1.807) is 12.1 Å². The van der Waals surface area contributed by atoms with E-state index in [0.717, 1.165) is 5.56 Å². The number of amides is 1. The number of benzene rings is 2. The number of carbonyl (C=O) groups excluding carboxylic acids is 1. The zero-order valence-corrected chi connectivity index (χ0v) is 15.4. The first-order chi connectivity index (χ1) is 12.1. The highest BCUT2D eigenvalue weighted by molar-refractivity contribution is 6.30. The molecule has 0 aliphatic heterocycles. The number of para-hydroxylation sites is 1. The van der Waals surface area contributed by atoms with Crippen molar-refractivity contribution in [3.05, 3.63) is 64.7 Å². The van der Waals surface area contributed by atoms with Gasteiger partial charge in [0, 0.05) is 18.2 Å². The Hall–Kier alpha value is -2.04. The Balaban J connectivity index is 1.88. The van der Waals surface area contributed by atoms with Crippen LogP contribution in [0, 0.1) is 5.92 Å². The number of ether oxygens (including phenoxy) is 2. The number of nitrogens with one attached hydrogen (secondary N) is 1. The molecular weight excluding hydrogens is 338 g/mol. The van der Waals surface area contributed by atoms with Crippen LogP contribution in [0.3, 0.4) is 0 Å². The molecule has 1 amide bonds. The number of rotatable bonds is 9. The van der Waals surface area contributed by atoms with E-state index in [1.807, 2.05) is 36.4 Å². The molecule has 0 unspecified atom stereocenters. The summed E-state index contributed by atoms with van der Waals surface area (Å²) in [6, 6.07) is 14.6. The molecule has 0 aromatic heterocycles. The molecule has 2 rings (SSSR count). The molecule has 134 valence electrons. The summed E-state index contributed by atoms with van der Waals surface area (Å²) in [6.45, 7) is 6.21. The molecular formula is C20H24ClNO3. The molecule has 5 heteroatoms. The van der Waals surface area contributed by atoms with E-state index < -0.39 is 0 Å². The fourth-order valence-corrected chi connectivity index (χ4v) is 2.30. The van der Waals surface area contributed by atoms with Crippen molar-refractivity contribution in [2.45, 2.75) is 20.5 Å². The van der Waals surface area contributed by atoms with Gasteiger partial charge >= 0.3 is 0 Å². The predicted molar refractivity (Wildman–Crippen MR) is 100 cm³/mol. The Morgan fingerprint density at radius 3 is 2.56 bits per heavy atom. The minimum absolute atomic E-state index is 0.167. The van der Waals surface area contributed by atoms with Crippen molar-refractivity contribution in [3.63, 3.8) is 0 Å². The Labute approximate surface area is 154 Å². The zero-order chi connectivity index (χ0) is 18.1. The van der Waals surface area contributed by atoms with Crippen LogP contribution in [-0.4, -0.2) is 25.7 Å². The van der Waals surface area contributed by atoms with Crippen molar-refractivity contribution in [2.24, 2.45) is 5.92 Å². The Morgan fingerprint density at radius 2 is 1.84 bits per heavy atom. The smallest absolute Gasteiger partial charge is 0.255 e. The summed E-state index contributed by atoms with van der Waals surface area (Å²) in [5.41, 5.74) is 1.50. The monoisotopic (exact) mass is 361 g/mol. The molecule has 25 heavy (non-hydrogen) atoms.